The number of nitrogens with zero attached hydrogens (tertiary/aromatic N) is 2. The summed E-state index contributed by atoms with van der Waals surface area (Å²) in [5.74, 6) is 0.971. The van der Waals surface area contributed by atoms with Gasteiger partial charge in [0.15, 0.2) is 5.96 Å². The van der Waals surface area contributed by atoms with Crippen molar-refractivity contribution in [1.82, 2.24) is 15.5 Å². The SMILES string of the molecule is CN=C(NCCCc1ccccc1Cl)NCC1(C(=O)N(C)C)CCCC1. The lowest BCUT2D eigenvalue weighted by Gasteiger charge is -2.31. The Kier molecular flexibility index (Phi) is 7.76. The first-order valence-electron chi connectivity index (χ1n) is 9.38. The summed E-state index contributed by atoms with van der Waals surface area (Å²) in [6.45, 7) is 1.44. The number of benzene rings is 1. The first-order valence-corrected chi connectivity index (χ1v) is 9.76. The summed E-state index contributed by atoms with van der Waals surface area (Å²) < 4.78 is 0. The van der Waals surface area contributed by atoms with Gasteiger partial charge in [0.2, 0.25) is 5.91 Å². The molecule has 2 rings (SSSR count). The first-order chi connectivity index (χ1) is 12.5. The van der Waals surface area contributed by atoms with E-state index in [1.807, 2.05) is 32.3 Å². The molecule has 1 aromatic carbocycles. The quantitative estimate of drug-likeness (QED) is 0.435. The molecule has 0 radical (unpaired) electrons. The molecule has 0 spiro atoms. The summed E-state index contributed by atoms with van der Waals surface area (Å²) in [6.07, 6.45) is 6.01. The first kappa shape index (κ1) is 20.6. The van der Waals surface area contributed by atoms with Gasteiger partial charge < -0.3 is 15.5 Å². The smallest absolute Gasteiger partial charge is 0.230 e. The molecule has 0 heterocycles. The predicted molar refractivity (Wildman–Crippen MR) is 109 cm³/mol. The summed E-state index contributed by atoms with van der Waals surface area (Å²) in [5.41, 5.74) is 0.874. The molecule has 0 bridgehead atoms. The van der Waals surface area contributed by atoms with Crippen LogP contribution >= 0.6 is 11.6 Å². The van der Waals surface area contributed by atoms with Gasteiger partial charge >= 0.3 is 0 Å². The zero-order chi connectivity index (χ0) is 19.0. The molecule has 2 N–H and O–H groups in total. The summed E-state index contributed by atoms with van der Waals surface area (Å²) >= 11 is 6.19. The van der Waals surface area contributed by atoms with E-state index in [0.29, 0.717) is 6.54 Å². The van der Waals surface area contributed by atoms with Crippen molar-refractivity contribution in [2.24, 2.45) is 10.4 Å². The van der Waals surface area contributed by atoms with Gasteiger partial charge in [-0.1, -0.05) is 42.6 Å². The topological polar surface area (TPSA) is 56.7 Å². The Bertz CT molecular complexity index is 624. The fourth-order valence-corrected chi connectivity index (χ4v) is 3.88. The van der Waals surface area contributed by atoms with Gasteiger partial charge in [-0.05, 0) is 37.3 Å². The summed E-state index contributed by atoms with van der Waals surface area (Å²) in [6, 6.07) is 7.95. The minimum atomic E-state index is -0.293. The summed E-state index contributed by atoms with van der Waals surface area (Å²) in [4.78, 5) is 18.6. The average Bonchev–Trinajstić information content (AvgIpc) is 3.11. The molecule has 1 fully saturated rings. The fraction of sp³-hybridized carbons (Fsp3) is 0.600. The lowest BCUT2D eigenvalue weighted by atomic mass is 9.84. The zero-order valence-electron chi connectivity index (χ0n) is 16.1. The molecule has 26 heavy (non-hydrogen) atoms. The molecule has 0 aromatic heterocycles. The lowest BCUT2D eigenvalue weighted by molar-refractivity contribution is -0.138. The van der Waals surface area contributed by atoms with Crippen LogP contribution in [-0.4, -0.2) is 51.0 Å². The summed E-state index contributed by atoms with van der Waals surface area (Å²) in [5, 5.41) is 7.52. The van der Waals surface area contributed by atoms with Crippen molar-refractivity contribution >= 4 is 23.5 Å². The van der Waals surface area contributed by atoms with Gasteiger partial charge in [-0.2, -0.15) is 0 Å². The number of hydrogen-bond donors (Lipinski definition) is 2. The second-order valence-electron chi connectivity index (χ2n) is 7.23. The highest BCUT2D eigenvalue weighted by molar-refractivity contribution is 6.31. The number of nitrogens with one attached hydrogen (secondary N) is 2. The maximum Gasteiger partial charge on any atom is 0.230 e. The van der Waals surface area contributed by atoms with Crippen molar-refractivity contribution in [3.8, 4) is 0 Å². The van der Waals surface area contributed by atoms with E-state index in [4.69, 9.17) is 11.6 Å². The standard InChI is InChI=1S/C20H31ClN4O/c1-22-19(23-14-8-10-16-9-4-5-11-17(16)21)24-15-20(12-6-7-13-20)18(26)25(2)3/h4-5,9,11H,6-8,10,12-15H2,1-3H3,(H2,22,23,24). The Labute approximate surface area is 162 Å². The van der Waals surface area contributed by atoms with Gasteiger partial charge in [0.05, 0.1) is 5.41 Å². The molecular formula is C20H31ClN4O. The number of carbonyl (C=O) groups is 1. The van der Waals surface area contributed by atoms with Crippen LogP contribution in [0.2, 0.25) is 5.02 Å². The van der Waals surface area contributed by atoms with E-state index in [2.05, 4.69) is 21.7 Å². The van der Waals surface area contributed by atoms with E-state index in [1.165, 1.54) is 5.56 Å². The maximum absolute atomic E-state index is 12.6. The molecular weight excluding hydrogens is 348 g/mol. The second kappa shape index (κ2) is 9.81. The minimum absolute atomic E-state index is 0.219. The highest BCUT2D eigenvalue weighted by Crippen LogP contribution is 2.38. The van der Waals surface area contributed by atoms with Crippen molar-refractivity contribution in [1.29, 1.82) is 0 Å². The van der Waals surface area contributed by atoms with Crippen molar-refractivity contribution in [3.05, 3.63) is 34.9 Å². The molecule has 0 saturated heterocycles. The van der Waals surface area contributed by atoms with Gasteiger partial charge in [0.25, 0.3) is 0 Å². The van der Waals surface area contributed by atoms with Crippen LogP contribution < -0.4 is 10.6 Å². The third kappa shape index (κ3) is 5.37. The molecule has 144 valence electrons. The predicted octanol–water partition coefficient (Wildman–Crippen LogP) is 3.09. The Morgan fingerprint density at radius 3 is 2.54 bits per heavy atom. The Morgan fingerprint density at radius 1 is 1.23 bits per heavy atom. The highest BCUT2D eigenvalue weighted by Gasteiger charge is 2.42. The summed E-state index contributed by atoms with van der Waals surface area (Å²) in [7, 11) is 5.44. The molecule has 1 aliphatic carbocycles. The van der Waals surface area contributed by atoms with Gasteiger partial charge in [-0.3, -0.25) is 9.79 Å². The molecule has 0 aliphatic heterocycles. The van der Waals surface area contributed by atoms with Crippen molar-refractivity contribution in [3.63, 3.8) is 0 Å². The number of hydrogen-bond acceptors (Lipinski definition) is 2. The average molecular weight is 379 g/mol. The van der Waals surface area contributed by atoms with Crippen molar-refractivity contribution in [2.75, 3.05) is 34.2 Å². The van der Waals surface area contributed by atoms with E-state index < -0.39 is 0 Å². The number of amides is 1. The van der Waals surface area contributed by atoms with E-state index in [9.17, 15) is 4.79 Å². The Morgan fingerprint density at radius 2 is 1.92 bits per heavy atom. The second-order valence-corrected chi connectivity index (χ2v) is 7.64. The van der Waals surface area contributed by atoms with Gasteiger partial charge in [0, 0.05) is 39.3 Å². The van der Waals surface area contributed by atoms with Crippen molar-refractivity contribution in [2.45, 2.75) is 38.5 Å². The molecule has 0 atom stereocenters. The van der Waals surface area contributed by atoms with E-state index in [0.717, 1.165) is 56.1 Å². The Hall–Kier alpha value is -1.75. The van der Waals surface area contributed by atoms with Crippen LogP contribution in [-0.2, 0) is 11.2 Å². The number of carbonyl (C=O) groups excluding carboxylic acids is 1. The van der Waals surface area contributed by atoms with E-state index >= 15 is 0 Å². The Balaban J connectivity index is 1.80. The molecule has 1 aliphatic rings. The van der Waals surface area contributed by atoms with Gasteiger partial charge in [0.1, 0.15) is 0 Å². The number of rotatable bonds is 7. The highest BCUT2D eigenvalue weighted by atomic mass is 35.5. The van der Waals surface area contributed by atoms with Crippen LogP contribution in [0.5, 0.6) is 0 Å². The monoisotopic (exact) mass is 378 g/mol. The lowest BCUT2D eigenvalue weighted by Crippen LogP contribution is -2.49. The minimum Gasteiger partial charge on any atom is -0.356 e. The van der Waals surface area contributed by atoms with Crippen LogP contribution in [0.3, 0.4) is 0 Å². The van der Waals surface area contributed by atoms with E-state index in [1.54, 1.807) is 11.9 Å². The third-order valence-electron chi connectivity index (χ3n) is 5.11. The van der Waals surface area contributed by atoms with Crippen LogP contribution in [0.15, 0.2) is 29.3 Å². The van der Waals surface area contributed by atoms with Crippen LogP contribution in [0.25, 0.3) is 0 Å². The fourth-order valence-electron chi connectivity index (χ4n) is 3.65. The molecule has 6 heteroatoms. The molecule has 1 saturated carbocycles. The third-order valence-corrected chi connectivity index (χ3v) is 5.48. The molecule has 1 aromatic rings. The largest absolute Gasteiger partial charge is 0.356 e. The number of aliphatic imine (C=N–C) groups is 1. The normalized spacial score (nSPS) is 16.4. The van der Waals surface area contributed by atoms with Crippen LogP contribution in [0.1, 0.15) is 37.7 Å². The number of guanidine groups is 1. The van der Waals surface area contributed by atoms with E-state index in [-0.39, 0.29) is 11.3 Å². The van der Waals surface area contributed by atoms with Gasteiger partial charge in [-0.15, -0.1) is 0 Å². The van der Waals surface area contributed by atoms with Gasteiger partial charge in [-0.25, -0.2) is 0 Å². The van der Waals surface area contributed by atoms with Crippen LogP contribution in [0.4, 0.5) is 0 Å². The number of halogens is 1. The zero-order valence-corrected chi connectivity index (χ0v) is 16.9. The van der Waals surface area contributed by atoms with Crippen LogP contribution in [0, 0.1) is 5.41 Å². The maximum atomic E-state index is 12.6. The molecule has 5 nitrogen and oxygen atoms in total. The molecule has 1 amide bonds. The van der Waals surface area contributed by atoms with Crippen molar-refractivity contribution < 1.29 is 4.79 Å². The molecule has 0 unspecified atom stereocenters. The number of aryl methyl sites for hydroxylation is 1.